The van der Waals surface area contributed by atoms with E-state index in [2.05, 4.69) is 22.5 Å². The molecule has 1 aromatic heterocycles. The lowest BCUT2D eigenvalue weighted by Crippen LogP contribution is -2.05. The van der Waals surface area contributed by atoms with Crippen LogP contribution in [0.5, 0.6) is 5.75 Å². The van der Waals surface area contributed by atoms with Crippen LogP contribution in [0.15, 0.2) is 36.7 Å². The van der Waals surface area contributed by atoms with Crippen LogP contribution in [-0.2, 0) is 20.0 Å². The number of aromatic nitrogens is 2. The Morgan fingerprint density at radius 2 is 2.22 bits per heavy atom. The zero-order valence-electron chi connectivity index (χ0n) is 10.9. The fraction of sp³-hybridized carbons (Fsp3) is 0.357. The van der Waals surface area contributed by atoms with Gasteiger partial charge in [-0.2, -0.15) is 5.10 Å². The molecule has 1 aromatic carbocycles. The largest absolute Gasteiger partial charge is 0.493 e. The van der Waals surface area contributed by atoms with Crippen LogP contribution in [0, 0.1) is 0 Å². The molecular formula is C14H19N3O. The molecule has 0 fully saturated rings. The van der Waals surface area contributed by atoms with Gasteiger partial charge in [0, 0.05) is 26.2 Å². The third-order valence-corrected chi connectivity index (χ3v) is 2.70. The van der Waals surface area contributed by atoms with Crippen molar-refractivity contribution in [3.63, 3.8) is 0 Å². The van der Waals surface area contributed by atoms with E-state index in [1.165, 1.54) is 11.1 Å². The molecule has 0 aliphatic rings. The van der Waals surface area contributed by atoms with Crippen molar-refractivity contribution in [2.75, 3.05) is 13.7 Å². The van der Waals surface area contributed by atoms with Crippen molar-refractivity contribution in [2.45, 2.75) is 13.0 Å². The molecule has 0 bridgehead atoms. The number of benzene rings is 1. The predicted octanol–water partition coefficient (Wildman–Crippen LogP) is 1.76. The minimum Gasteiger partial charge on any atom is -0.493 e. The Bertz CT molecular complexity index is 493. The molecule has 0 amide bonds. The number of ether oxygens (including phenoxy) is 1. The summed E-state index contributed by atoms with van der Waals surface area (Å²) in [5.74, 6) is 0.923. The SMILES string of the molecule is CNCc1cccc(OCCc2cnn(C)c2)c1. The first-order valence-corrected chi connectivity index (χ1v) is 6.12. The normalized spacial score (nSPS) is 10.6. The molecule has 18 heavy (non-hydrogen) atoms. The Morgan fingerprint density at radius 3 is 2.94 bits per heavy atom. The summed E-state index contributed by atoms with van der Waals surface area (Å²) in [6.07, 6.45) is 4.77. The first kappa shape index (κ1) is 12.6. The smallest absolute Gasteiger partial charge is 0.119 e. The number of rotatable bonds is 6. The van der Waals surface area contributed by atoms with Crippen LogP contribution >= 0.6 is 0 Å². The maximum Gasteiger partial charge on any atom is 0.119 e. The minimum absolute atomic E-state index is 0.675. The molecule has 0 atom stereocenters. The van der Waals surface area contributed by atoms with Gasteiger partial charge >= 0.3 is 0 Å². The number of nitrogens with one attached hydrogen (secondary N) is 1. The molecule has 1 heterocycles. The van der Waals surface area contributed by atoms with Gasteiger partial charge in [-0.3, -0.25) is 4.68 Å². The van der Waals surface area contributed by atoms with E-state index in [0.29, 0.717) is 6.61 Å². The summed E-state index contributed by atoms with van der Waals surface area (Å²) in [5, 5.41) is 7.26. The molecule has 1 N–H and O–H groups in total. The van der Waals surface area contributed by atoms with Crippen molar-refractivity contribution in [1.29, 1.82) is 0 Å². The van der Waals surface area contributed by atoms with Crippen LogP contribution in [0.4, 0.5) is 0 Å². The van der Waals surface area contributed by atoms with Gasteiger partial charge in [0.1, 0.15) is 5.75 Å². The summed E-state index contributed by atoms with van der Waals surface area (Å²) in [4.78, 5) is 0. The zero-order valence-corrected chi connectivity index (χ0v) is 10.9. The Kier molecular flexibility index (Phi) is 4.36. The average Bonchev–Trinajstić information content (AvgIpc) is 2.76. The summed E-state index contributed by atoms with van der Waals surface area (Å²) in [5.41, 5.74) is 2.43. The van der Waals surface area contributed by atoms with Crippen LogP contribution in [0.25, 0.3) is 0 Å². The molecule has 0 spiro atoms. The molecule has 0 saturated heterocycles. The fourth-order valence-corrected chi connectivity index (χ4v) is 1.84. The number of hydrogen-bond donors (Lipinski definition) is 1. The highest BCUT2D eigenvalue weighted by molar-refractivity contribution is 5.28. The van der Waals surface area contributed by atoms with Gasteiger partial charge in [-0.05, 0) is 30.3 Å². The van der Waals surface area contributed by atoms with Crippen molar-refractivity contribution in [1.82, 2.24) is 15.1 Å². The van der Waals surface area contributed by atoms with E-state index in [0.717, 1.165) is 18.7 Å². The fourth-order valence-electron chi connectivity index (χ4n) is 1.84. The standard InChI is InChI=1S/C14H19N3O/c1-15-9-12-4-3-5-14(8-12)18-7-6-13-10-16-17(2)11-13/h3-5,8,10-11,15H,6-7,9H2,1-2H3. The number of nitrogens with zero attached hydrogens (tertiary/aromatic N) is 2. The van der Waals surface area contributed by atoms with Gasteiger partial charge in [0.15, 0.2) is 0 Å². The lowest BCUT2D eigenvalue weighted by Gasteiger charge is -2.07. The van der Waals surface area contributed by atoms with Gasteiger partial charge in [-0.25, -0.2) is 0 Å². The Morgan fingerprint density at radius 1 is 1.33 bits per heavy atom. The highest BCUT2D eigenvalue weighted by Gasteiger charge is 1.99. The van der Waals surface area contributed by atoms with Crippen LogP contribution in [-0.4, -0.2) is 23.4 Å². The molecule has 4 nitrogen and oxygen atoms in total. The van der Waals surface area contributed by atoms with Gasteiger partial charge in [-0.1, -0.05) is 12.1 Å². The molecule has 0 aliphatic carbocycles. The minimum atomic E-state index is 0.675. The van der Waals surface area contributed by atoms with E-state index < -0.39 is 0 Å². The second kappa shape index (κ2) is 6.21. The topological polar surface area (TPSA) is 39.1 Å². The molecule has 96 valence electrons. The van der Waals surface area contributed by atoms with Crippen LogP contribution < -0.4 is 10.1 Å². The van der Waals surface area contributed by atoms with Gasteiger partial charge in [0.2, 0.25) is 0 Å². The third-order valence-electron chi connectivity index (χ3n) is 2.70. The quantitative estimate of drug-likeness (QED) is 0.843. The Balaban J connectivity index is 1.84. The molecule has 0 saturated carbocycles. The number of aryl methyl sites for hydroxylation is 1. The maximum absolute atomic E-state index is 5.74. The molecule has 4 heteroatoms. The summed E-state index contributed by atoms with van der Waals surface area (Å²) in [6.45, 7) is 1.54. The lowest BCUT2D eigenvalue weighted by atomic mass is 10.2. The maximum atomic E-state index is 5.74. The summed E-state index contributed by atoms with van der Waals surface area (Å²) in [7, 11) is 3.86. The molecule has 2 rings (SSSR count). The predicted molar refractivity (Wildman–Crippen MR) is 71.6 cm³/mol. The Labute approximate surface area is 108 Å². The molecule has 0 radical (unpaired) electrons. The molecule has 0 unspecified atom stereocenters. The Hall–Kier alpha value is -1.81. The van der Waals surface area contributed by atoms with Crippen molar-refractivity contribution >= 4 is 0 Å². The van der Waals surface area contributed by atoms with Crippen LogP contribution in [0.1, 0.15) is 11.1 Å². The summed E-state index contributed by atoms with van der Waals surface area (Å²) in [6, 6.07) is 8.17. The van der Waals surface area contributed by atoms with E-state index in [1.807, 2.05) is 43.3 Å². The van der Waals surface area contributed by atoms with Crippen LogP contribution in [0.2, 0.25) is 0 Å². The third kappa shape index (κ3) is 3.60. The van der Waals surface area contributed by atoms with Gasteiger partial charge in [-0.15, -0.1) is 0 Å². The van der Waals surface area contributed by atoms with Crippen molar-refractivity contribution < 1.29 is 4.74 Å². The molecular weight excluding hydrogens is 226 g/mol. The van der Waals surface area contributed by atoms with Gasteiger partial charge in [0.25, 0.3) is 0 Å². The zero-order chi connectivity index (χ0) is 12.8. The first-order chi connectivity index (χ1) is 8.78. The van der Waals surface area contributed by atoms with E-state index in [9.17, 15) is 0 Å². The second-order valence-electron chi connectivity index (χ2n) is 4.30. The number of hydrogen-bond acceptors (Lipinski definition) is 3. The van der Waals surface area contributed by atoms with E-state index in [4.69, 9.17) is 4.74 Å². The van der Waals surface area contributed by atoms with E-state index in [1.54, 1.807) is 0 Å². The van der Waals surface area contributed by atoms with E-state index >= 15 is 0 Å². The van der Waals surface area contributed by atoms with Crippen molar-refractivity contribution in [3.05, 3.63) is 47.8 Å². The lowest BCUT2D eigenvalue weighted by molar-refractivity contribution is 0.321. The summed E-state index contributed by atoms with van der Waals surface area (Å²) < 4.78 is 7.55. The van der Waals surface area contributed by atoms with Crippen molar-refractivity contribution in [2.24, 2.45) is 7.05 Å². The first-order valence-electron chi connectivity index (χ1n) is 6.12. The van der Waals surface area contributed by atoms with E-state index in [-0.39, 0.29) is 0 Å². The van der Waals surface area contributed by atoms with Crippen LogP contribution in [0.3, 0.4) is 0 Å². The summed E-state index contributed by atoms with van der Waals surface area (Å²) >= 11 is 0. The molecule has 0 aliphatic heterocycles. The second-order valence-corrected chi connectivity index (χ2v) is 4.30. The highest BCUT2D eigenvalue weighted by Crippen LogP contribution is 2.13. The highest BCUT2D eigenvalue weighted by atomic mass is 16.5. The monoisotopic (exact) mass is 245 g/mol. The molecule has 2 aromatic rings. The van der Waals surface area contributed by atoms with Gasteiger partial charge < -0.3 is 10.1 Å². The van der Waals surface area contributed by atoms with Crippen molar-refractivity contribution in [3.8, 4) is 5.75 Å². The average molecular weight is 245 g/mol. The van der Waals surface area contributed by atoms with Gasteiger partial charge in [0.05, 0.1) is 12.8 Å².